The summed E-state index contributed by atoms with van der Waals surface area (Å²) in [6.07, 6.45) is 8.08. The van der Waals surface area contributed by atoms with Crippen LogP contribution in [0.25, 0.3) is 0 Å². The summed E-state index contributed by atoms with van der Waals surface area (Å²) in [6.45, 7) is 16.5. The van der Waals surface area contributed by atoms with Crippen LogP contribution < -0.4 is 0 Å². The standard InChI is InChI=1S/C24H32O2/c1-13(2)19-9-17(10-20(14(3)4)23(19)25)18-11-21(15(5)6)24(26)22(12-18)16(7)8/h9-16H,1-8H3. The first-order chi connectivity index (χ1) is 12.0. The molecule has 0 amide bonds. The molecule has 0 saturated carbocycles. The maximum atomic E-state index is 12.8. The second-order valence-electron chi connectivity index (χ2n) is 8.59. The zero-order valence-corrected chi connectivity index (χ0v) is 17.4. The van der Waals surface area contributed by atoms with Crippen molar-refractivity contribution in [3.05, 3.63) is 57.7 Å². The molecule has 0 aromatic rings. The van der Waals surface area contributed by atoms with Crippen molar-refractivity contribution in [2.45, 2.75) is 55.4 Å². The van der Waals surface area contributed by atoms with Gasteiger partial charge in [0.2, 0.25) is 0 Å². The van der Waals surface area contributed by atoms with Crippen LogP contribution in [-0.2, 0) is 9.59 Å². The molecule has 0 aliphatic heterocycles. The number of rotatable bonds is 4. The van der Waals surface area contributed by atoms with E-state index in [0.29, 0.717) is 0 Å². The molecule has 0 radical (unpaired) electrons. The quantitative estimate of drug-likeness (QED) is 0.643. The van der Waals surface area contributed by atoms with Crippen molar-refractivity contribution < 1.29 is 9.59 Å². The van der Waals surface area contributed by atoms with E-state index in [-0.39, 0.29) is 35.2 Å². The highest BCUT2D eigenvalue weighted by Crippen LogP contribution is 2.34. The highest BCUT2D eigenvalue weighted by atomic mass is 16.1. The number of hydrogen-bond donors (Lipinski definition) is 0. The predicted octanol–water partition coefficient (Wildman–Crippen LogP) is 5.78. The van der Waals surface area contributed by atoms with E-state index in [4.69, 9.17) is 0 Å². The van der Waals surface area contributed by atoms with Crippen molar-refractivity contribution in [2.24, 2.45) is 23.7 Å². The van der Waals surface area contributed by atoms with E-state index >= 15 is 0 Å². The Morgan fingerprint density at radius 2 is 0.654 bits per heavy atom. The molecule has 0 unspecified atom stereocenters. The molecule has 0 spiro atoms. The summed E-state index contributed by atoms with van der Waals surface area (Å²) in [5, 5.41) is 0. The predicted molar refractivity (Wildman–Crippen MR) is 109 cm³/mol. The van der Waals surface area contributed by atoms with Crippen LogP contribution in [0.2, 0.25) is 0 Å². The Bertz CT molecular complexity index is 649. The van der Waals surface area contributed by atoms with E-state index in [1.165, 1.54) is 0 Å². The van der Waals surface area contributed by atoms with Gasteiger partial charge in [-0.2, -0.15) is 0 Å². The van der Waals surface area contributed by atoms with Crippen molar-refractivity contribution in [1.82, 2.24) is 0 Å². The van der Waals surface area contributed by atoms with Gasteiger partial charge in [0.1, 0.15) is 0 Å². The fourth-order valence-corrected chi connectivity index (χ4v) is 3.40. The molecule has 0 atom stereocenters. The number of carbonyl (C=O) groups excluding carboxylic acids is 2. The number of hydrogen-bond acceptors (Lipinski definition) is 2. The molecule has 2 rings (SSSR count). The highest BCUT2D eigenvalue weighted by Gasteiger charge is 2.28. The van der Waals surface area contributed by atoms with Crippen molar-refractivity contribution in [1.29, 1.82) is 0 Å². The van der Waals surface area contributed by atoms with Gasteiger partial charge < -0.3 is 0 Å². The highest BCUT2D eigenvalue weighted by molar-refractivity contribution is 6.12. The summed E-state index contributed by atoms with van der Waals surface area (Å²) in [5.74, 6) is 1.02. The number of allylic oxidation sites excluding steroid dienone is 10. The summed E-state index contributed by atoms with van der Waals surface area (Å²) in [6, 6.07) is 0. The van der Waals surface area contributed by atoms with Crippen molar-refractivity contribution in [3.8, 4) is 0 Å². The fraction of sp³-hybridized carbons (Fsp3) is 0.500. The van der Waals surface area contributed by atoms with E-state index in [0.717, 1.165) is 33.4 Å². The van der Waals surface area contributed by atoms with Crippen LogP contribution in [0.4, 0.5) is 0 Å². The lowest BCUT2D eigenvalue weighted by Crippen LogP contribution is -2.20. The monoisotopic (exact) mass is 352 g/mol. The van der Waals surface area contributed by atoms with Gasteiger partial charge in [0.05, 0.1) is 0 Å². The molecule has 0 heterocycles. The lowest BCUT2D eigenvalue weighted by molar-refractivity contribution is -0.114. The molecule has 0 saturated heterocycles. The lowest BCUT2D eigenvalue weighted by Gasteiger charge is -2.24. The van der Waals surface area contributed by atoms with Gasteiger partial charge in [0.15, 0.2) is 11.6 Å². The average Bonchev–Trinajstić information content (AvgIpc) is 2.54. The second-order valence-corrected chi connectivity index (χ2v) is 8.59. The topological polar surface area (TPSA) is 34.1 Å². The molecule has 0 N–H and O–H groups in total. The van der Waals surface area contributed by atoms with Gasteiger partial charge in [-0.25, -0.2) is 0 Å². The smallest absolute Gasteiger partial charge is 0.185 e. The van der Waals surface area contributed by atoms with Gasteiger partial charge in [-0.05, 0) is 59.1 Å². The summed E-state index contributed by atoms with van der Waals surface area (Å²) in [4.78, 5) is 25.6. The van der Waals surface area contributed by atoms with Gasteiger partial charge in [0.25, 0.3) is 0 Å². The van der Waals surface area contributed by atoms with Gasteiger partial charge >= 0.3 is 0 Å². The summed E-state index contributed by atoms with van der Waals surface area (Å²) < 4.78 is 0. The zero-order valence-electron chi connectivity index (χ0n) is 17.4. The molecule has 2 aliphatic carbocycles. The first-order valence-electron chi connectivity index (χ1n) is 9.74. The molecule has 0 aromatic heterocycles. The van der Waals surface area contributed by atoms with Gasteiger partial charge in [-0.1, -0.05) is 55.4 Å². The van der Waals surface area contributed by atoms with Crippen molar-refractivity contribution in [3.63, 3.8) is 0 Å². The van der Waals surface area contributed by atoms with Gasteiger partial charge in [-0.3, -0.25) is 9.59 Å². The Labute approximate surface area is 158 Å². The molecular weight excluding hydrogens is 320 g/mol. The summed E-state index contributed by atoms with van der Waals surface area (Å²) in [5.41, 5.74) is 5.51. The van der Waals surface area contributed by atoms with Crippen LogP contribution in [0.5, 0.6) is 0 Å². The van der Waals surface area contributed by atoms with E-state index in [9.17, 15) is 9.59 Å². The number of ketones is 2. The molecule has 2 heteroatoms. The SMILES string of the molecule is CC(C)C1=CC(=C2C=C(C(C)C)C(=O)C(C(C)C)=C2)C=C(C(C)C)C1=O. The average molecular weight is 353 g/mol. The first kappa shape index (κ1) is 20.4. The van der Waals surface area contributed by atoms with E-state index in [1.54, 1.807) is 0 Å². The Kier molecular flexibility index (Phi) is 6.05. The Balaban J connectivity index is 2.74. The molecule has 2 nitrogen and oxygen atoms in total. The van der Waals surface area contributed by atoms with Gasteiger partial charge in [-0.15, -0.1) is 0 Å². The van der Waals surface area contributed by atoms with Gasteiger partial charge in [0, 0.05) is 22.3 Å². The molecule has 2 aliphatic rings. The minimum atomic E-state index is 0.160. The fourth-order valence-electron chi connectivity index (χ4n) is 3.40. The van der Waals surface area contributed by atoms with Crippen LogP contribution >= 0.6 is 0 Å². The molecule has 0 fully saturated rings. The summed E-state index contributed by atoms with van der Waals surface area (Å²) in [7, 11) is 0. The molecule has 0 aromatic carbocycles. The van der Waals surface area contributed by atoms with Crippen molar-refractivity contribution >= 4 is 11.6 Å². The van der Waals surface area contributed by atoms with Crippen LogP contribution in [0.15, 0.2) is 57.7 Å². The first-order valence-corrected chi connectivity index (χ1v) is 9.74. The van der Waals surface area contributed by atoms with E-state index < -0.39 is 0 Å². The van der Waals surface area contributed by atoms with Crippen molar-refractivity contribution in [2.75, 3.05) is 0 Å². The van der Waals surface area contributed by atoms with E-state index in [1.807, 2.05) is 24.3 Å². The van der Waals surface area contributed by atoms with Crippen LogP contribution in [-0.4, -0.2) is 11.6 Å². The second kappa shape index (κ2) is 7.73. The maximum Gasteiger partial charge on any atom is 0.185 e. The van der Waals surface area contributed by atoms with Crippen LogP contribution in [0.3, 0.4) is 0 Å². The Hall–Kier alpha value is -1.96. The molecular formula is C24H32O2. The van der Waals surface area contributed by atoms with Crippen LogP contribution in [0.1, 0.15) is 55.4 Å². The Morgan fingerprint density at radius 1 is 0.462 bits per heavy atom. The molecule has 26 heavy (non-hydrogen) atoms. The zero-order chi connectivity index (χ0) is 19.8. The minimum Gasteiger partial charge on any atom is -0.289 e. The third kappa shape index (κ3) is 3.90. The van der Waals surface area contributed by atoms with Crippen LogP contribution in [0, 0.1) is 23.7 Å². The number of carbonyl (C=O) groups is 2. The number of Topliss-reactive ketones (excluding diaryl/α,β-unsaturated/α-hetero) is 2. The minimum absolute atomic E-state index is 0.160. The third-order valence-corrected chi connectivity index (χ3v) is 5.11. The molecule has 140 valence electrons. The maximum absolute atomic E-state index is 12.8. The lowest BCUT2D eigenvalue weighted by atomic mass is 9.78. The Morgan fingerprint density at radius 3 is 0.808 bits per heavy atom. The third-order valence-electron chi connectivity index (χ3n) is 5.11. The molecule has 0 bridgehead atoms. The normalized spacial score (nSPS) is 18.8. The summed E-state index contributed by atoms with van der Waals surface area (Å²) >= 11 is 0. The largest absolute Gasteiger partial charge is 0.289 e. The van der Waals surface area contributed by atoms with E-state index in [2.05, 4.69) is 55.4 Å².